The molecule has 0 atom stereocenters. The van der Waals surface area contributed by atoms with E-state index >= 15 is 0 Å². The van der Waals surface area contributed by atoms with Gasteiger partial charge in [-0.25, -0.2) is 0 Å². The summed E-state index contributed by atoms with van der Waals surface area (Å²) in [4.78, 5) is 17.8. The van der Waals surface area contributed by atoms with Crippen molar-refractivity contribution in [3.05, 3.63) is 65.5 Å². The molecule has 1 heterocycles. The molecular formula is C17H17N3O. The molecule has 0 bridgehead atoms. The molecule has 106 valence electrons. The summed E-state index contributed by atoms with van der Waals surface area (Å²) in [5.74, 6) is 0.0776. The Morgan fingerprint density at radius 3 is 2.43 bits per heavy atom. The lowest BCUT2D eigenvalue weighted by molar-refractivity contribution is -0.129. The van der Waals surface area contributed by atoms with Crippen molar-refractivity contribution in [3.63, 3.8) is 0 Å². The summed E-state index contributed by atoms with van der Waals surface area (Å²) in [5.41, 5.74) is 2.70. The Bertz CT molecular complexity index is 629. The molecule has 1 amide bonds. The summed E-state index contributed by atoms with van der Waals surface area (Å²) < 4.78 is 0. The fraction of sp³-hybridized carbons (Fsp3) is 0.235. The third-order valence-corrected chi connectivity index (χ3v) is 3.35. The number of hydrogen-bond donors (Lipinski definition) is 0. The Morgan fingerprint density at radius 2 is 1.81 bits per heavy atom. The van der Waals surface area contributed by atoms with E-state index in [9.17, 15) is 4.79 Å². The second kappa shape index (κ2) is 7.20. The molecule has 4 nitrogen and oxygen atoms in total. The van der Waals surface area contributed by atoms with Crippen molar-refractivity contribution < 1.29 is 4.79 Å². The lowest BCUT2D eigenvalue weighted by Gasteiger charge is -2.17. The van der Waals surface area contributed by atoms with Gasteiger partial charge in [0.05, 0.1) is 18.1 Å². The number of benzene rings is 1. The Hall–Kier alpha value is -2.67. The Morgan fingerprint density at radius 1 is 1.14 bits per heavy atom. The average Bonchev–Trinajstić information content (AvgIpc) is 2.54. The molecule has 0 saturated carbocycles. The second-order valence-corrected chi connectivity index (χ2v) is 4.91. The zero-order chi connectivity index (χ0) is 15.1. The van der Waals surface area contributed by atoms with Gasteiger partial charge in [-0.2, -0.15) is 5.26 Å². The average molecular weight is 279 g/mol. The molecular weight excluding hydrogens is 262 g/mol. The van der Waals surface area contributed by atoms with E-state index in [1.165, 1.54) is 5.56 Å². The highest BCUT2D eigenvalue weighted by Crippen LogP contribution is 2.06. The van der Waals surface area contributed by atoms with Crippen LogP contribution in [-0.4, -0.2) is 29.4 Å². The summed E-state index contributed by atoms with van der Waals surface area (Å²) in [7, 11) is 1.81. The van der Waals surface area contributed by atoms with Crippen molar-refractivity contribution in [3.8, 4) is 6.07 Å². The van der Waals surface area contributed by atoms with Gasteiger partial charge in [0.25, 0.3) is 0 Å². The highest BCUT2D eigenvalue weighted by atomic mass is 16.2. The zero-order valence-corrected chi connectivity index (χ0v) is 12.0. The number of amides is 1. The summed E-state index contributed by atoms with van der Waals surface area (Å²) in [5, 5.41) is 8.75. The van der Waals surface area contributed by atoms with E-state index in [1.807, 2.05) is 31.3 Å². The molecule has 0 aliphatic rings. The van der Waals surface area contributed by atoms with E-state index in [2.05, 4.69) is 11.1 Å². The first-order valence-electron chi connectivity index (χ1n) is 6.81. The van der Waals surface area contributed by atoms with Gasteiger partial charge in [-0.05, 0) is 41.8 Å². The zero-order valence-electron chi connectivity index (χ0n) is 12.0. The van der Waals surface area contributed by atoms with Crippen LogP contribution in [0.3, 0.4) is 0 Å². The number of aromatic nitrogens is 1. The van der Waals surface area contributed by atoms with E-state index in [1.54, 1.807) is 29.4 Å². The number of likely N-dealkylation sites (N-methyl/N-ethyl adjacent to an activating group) is 1. The van der Waals surface area contributed by atoms with E-state index in [0.717, 1.165) is 12.0 Å². The molecule has 2 aromatic rings. The third-order valence-electron chi connectivity index (χ3n) is 3.35. The summed E-state index contributed by atoms with van der Waals surface area (Å²) in [6.45, 7) is 0.680. The quantitative estimate of drug-likeness (QED) is 0.843. The molecule has 4 heteroatoms. The van der Waals surface area contributed by atoms with Crippen LogP contribution in [0.15, 0.2) is 48.8 Å². The number of rotatable bonds is 5. The van der Waals surface area contributed by atoms with Gasteiger partial charge in [0.2, 0.25) is 5.91 Å². The number of hydrogen-bond acceptors (Lipinski definition) is 3. The first-order chi connectivity index (χ1) is 10.2. The highest BCUT2D eigenvalue weighted by Gasteiger charge is 2.09. The predicted molar refractivity (Wildman–Crippen MR) is 80.4 cm³/mol. The SMILES string of the molecule is CN(CCc1ccncc1)C(=O)Cc1ccc(C#N)cc1. The van der Waals surface area contributed by atoms with Crippen LogP contribution in [0.5, 0.6) is 0 Å². The van der Waals surface area contributed by atoms with Crippen LogP contribution in [0.25, 0.3) is 0 Å². The molecule has 0 aliphatic heterocycles. The fourth-order valence-electron chi connectivity index (χ4n) is 1.98. The number of nitrogens with zero attached hydrogens (tertiary/aromatic N) is 3. The standard InChI is InChI=1S/C17H17N3O/c1-20(11-8-14-6-9-19-10-7-14)17(21)12-15-2-4-16(13-18)5-3-15/h2-7,9-10H,8,11-12H2,1H3. The van der Waals surface area contributed by atoms with E-state index < -0.39 is 0 Å². The van der Waals surface area contributed by atoms with Crippen molar-refractivity contribution in [1.29, 1.82) is 5.26 Å². The van der Waals surface area contributed by atoms with Crippen LogP contribution in [0.4, 0.5) is 0 Å². The molecule has 0 unspecified atom stereocenters. The van der Waals surface area contributed by atoms with Crippen LogP contribution >= 0.6 is 0 Å². The molecule has 0 aliphatic carbocycles. The molecule has 2 rings (SSSR count). The molecule has 0 radical (unpaired) electrons. The van der Waals surface area contributed by atoms with Crippen molar-refractivity contribution >= 4 is 5.91 Å². The van der Waals surface area contributed by atoms with Crippen LogP contribution in [0, 0.1) is 11.3 Å². The molecule has 0 N–H and O–H groups in total. The Balaban J connectivity index is 1.86. The number of pyridine rings is 1. The molecule has 0 fully saturated rings. The molecule has 0 spiro atoms. The van der Waals surface area contributed by atoms with Crippen molar-refractivity contribution in [1.82, 2.24) is 9.88 Å². The molecule has 1 aromatic heterocycles. The summed E-state index contributed by atoms with van der Waals surface area (Å²) >= 11 is 0. The minimum atomic E-state index is 0.0776. The smallest absolute Gasteiger partial charge is 0.226 e. The van der Waals surface area contributed by atoms with E-state index in [-0.39, 0.29) is 5.91 Å². The number of nitriles is 1. The minimum absolute atomic E-state index is 0.0776. The summed E-state index contributed by atoms with van der Waals surface area (Å²) in [6, 6.07) is 13.1. The topological polar surface area (TPSA) is 57.0 Å². The van der Waals surface area contributed by atoms with Gasteiger partial charge < -0.3 is 4.90 Å². The maximum absolute atomic E-state index is 12.1. The largest absolute Gasteiger partial charge is 0.345 e. The molecule has 21 heavy (non-hydrogen) atoms. The second-order valence-electron chi connectivity index (χ2n) is 4.91. The monoisotopic (exact) mass is 279 g/mol. The lowest BCUT2D eigenvalue weighted by atomic mass is 10.1. The van der Waals surface area contributed by atoms with Gasteiger partial charge in [-0.15, -0.1) is 0 Å². The minimum Gasteiger partial charge on any atom is -0.345 e. The Kier molecular flexibility index (Phi) is 5.05. The first kappa shape index (κ1) is 14.7. The number of carbonyl (C=O) groups excluding carboxylic acids is 1. The highest BCUT2D eigenvalue weighted by molar-refractivity contribution is 5.78. The first-order valence-corrected chi connectivity index (χ1v) is 6.81. The van der Waals surface area contributed by atoms with Crippen molar-refractivity contribution in [2.75, 3.05) is 13.6 Å². The van der Waals surface area contributed by atoms with Crippen LogP contribution < -0.4 is 0 Å². The molecule has 0 saturated heterocycles. The van der Waals surface area contributed by atoms with E-state index in [4.69, 9.17) is 5.26 Å². The van der Waals surface area contributed by atoms with Gasteiger partial charge >= 0.3 is 0 Å². The van der Waals surface area contributed by atoms with Crippen LogP contribution in [-0.2, 0) is 17.6 Å². The fourth-order valence-corrected chi connectivity index (χ4v) is 1.98. The van der Waals surface area contributed by atoms with Crippen LogP contribution in [0.2, 0.25) is 0 Å². The lowest BCUT2D eigenvalue weighted by Crippen LogP contribution is -2.30. The Labute approximate surface area is 124 Å². The van der Waals surface area contributed by atoms with Gasteiger partial charge in [-0.1, -0.05) is 12.1 Å². The van der Waals surface area contributed by atoms with Crippen molar-refractivity contribution in [2.24, 2.45) is 0 Å². The third kappa shape index (κ3) is 4.43. The van der Waals surface area contributed by atoms with Crippen molar-refractivity contribution in [2.45, 2.75) is 12.8 Å². The predicted octanol–water partition coefficient (Wildman–Crippen LogP) is 2.20. The maximum Gasteiger partial charge on any atom is 0.226 e. The van der Waals surface area contributed by atoms with Gasteiger partial charge in [0.15, 0.2) is 0 Å². The van der Waals surface area contributed by atoms with Crippen LogP contribution in [0.1, 0.15) is 16.7 Å². The summed E-state index contributed by atoms with van der Waals surface area (Å²) in [6.07, 6.45) is 4.69. The van der Waals surface area contributed by atoms with Gasteiger partial charge in [0.1, 0.15) is 0 Å². The normalized spacial score (nSPS) is 9.90. The maximum atomic E-state index is 12.1. The molecule has 1 aromatic carbocycles. The van der Waals surface area contributed by atoms with Gasteiger partial charge in [-0.3, -0.25) is 9.78 Å². The van der Waals surface area contributed by atoms with Gasteiger partial charge in [0, 0.05) is 26.0 Å². The number of carbonyl (C=O) groups is 1. The van der Waals surface area contributed by atoms with E-state index in [0.29, 0.717) is 18.5 Å².